The molecule has 0 amide bonds. The number of hydrogen-bond acceptors (Lipinski definition) is 5. The zero-order valence-electron chi connectivity index (χ0n) is 8.78. The highest BCUT2D eigenvalue weighted by atomic mass is 35.5. The smallest absolute Gasteiger partial charge is 0.245 e. The average Bonchev–Trinajstić information content (AvgIpc) is 2.71. The Labute approximate surface area is 109 Å². The van der Waals surface area contributed by atoms with E-state index in [0.29, 0.717) is 11.9 Å². The molecule has 1 N–H and O–H groups in total. The second kappa shape index (κ2) is 5.38. The fourth-order valence-corrected chi connectivity index (χ4v) is 2.92. The lowest BCUT2D eigenvalue weighted by Crippen LogP contribution is -2.17. The van der Waals surface area contributed by atoms with Crippen molar-refractivity contribution < 1.29 is 0 Å². The zero-order chi connectivity index (χ0) is 11.5. The van der Waals surface area contributed by atoms with Gasteiger partial charge in [-0.25, -0.2) is 0 Å². The van der Waals surface area contributed by atoms with Crippen molar-refractivity contribution in [3.05, 3.63) is 10.4 Å². The predicted octanol–water partition coefficient (Wildman–Crippen LogP) is 2.87. The molecule has 1 saturated carbocycles. The lowest BCUT2D eigenvalue weighted by molar-refractivity contribution is 0.748. The average molecular weight is 279 g/mol. The molecule has 1 aromatic rings. The van der Waals surface area contributed by atoms with Crippen LogP contribution in [0.25, 0.3) is 0 Å². The van der Waals surface area contributed by atoms with Crippen LogP contribution in [0.2, 0.25) is 10.4 Å². The van der Waals surface area contributed by atoms with Crippen molar-refractivity contribution in [3.63, 3.8) is 0 Å². The molecule has 16 heavy (non-hydrogen) atoms. The van der Waals surface area contributed by atoms with E-state index < -0.39 is 0 Å². The van der Waals surface area contributed by atoms with E-state index in [-0.39, 0.29) is 10.4 Å². The van der Waals surface area contributed by atoms with Gasteiger partial charge in [-0.15, -0.1) is 10.2 Å². The lowest BCUT2D eigenvalue weighted by Gasteiger charge is -2.13. The highest BCUT2D eigenvalue weighted by Crippen LogP contribution is 2.31. The molecule has 4 nitrogen and oxygen atoms in total. The lowest BCUT2D eigenvalue weighted by atomic mass is 10.2. The number of thioether (sulfide) groups is 1. The maximum Gasteiger partial charge on any atom is 0.245 e. The standard InChI is InChI=1S/C9H12Cl2N4S/c1-16-6-3-2-5(4-6)12-8-7(10)14-15-9(11)13-8/h5-6H,2-4H2,1H3,(H,12,13,15). The third kappa shape index (κ3) is 2.90. The molecule has 2 unspecified atom stereocenters. The number of rotatable bonds is 3. The first kappa shape index (κ1) is 12.2. The van der Waals surface area contributed by atoms with Crippen molar-refractivity contribution in [2.45, 2.75) is 30.6 Å². The van der Waals surface area contributed by atoms with Crippen molar-refractivity contribution in [2.24, 2.45) is 0 Å². The Bertz CT molecular complexity index is 377. The number of halogens is 2. The van der Waals surface area contributed by atoms with Crippen LogP contribution in [0, 0.1) is 0 Å². The third-order valence-electron chi connectivity index (χ3n) is 2.68. The fraction of sp³-hybridized carbons (Fsp3) is 0.667. The SMILES string of the molecule is CSC1CCC(Nc2nc(Cl)nnc2Cl)C1. The molecule has 1 aromatic heterocycles. The fourth-order valence-electron chi connectivity index (χ4n) is 1.86. The second-order valence-corrected chi connectivity index (χ2v) is 5.57. The van der Waals surface area contributed by atoms with Gasteiger partial charge in [-0.2, -0.15) is 16.7 Å². The Morgan fingerprint density at radius 3 is 2.81 bits per heavy atom. The molecule has 0 radical (unpaired) electrons. The van der Waals surface area contributed by atoms with Crippen LogP contribution in [-0.2, 0) is 0 Å². The summed E-state index contributed by atoms with van der Waals surface area (Å²) in [5.41, 5.74) is 0. The first-order chi connectivity index (χ1) is 7.69. The molecule has 0 bridgehead atoms. The van der Waals surface area contributed by atoms with Crippen LogP contribution in [0.15, 0.2) is 0 Å². The van der Waals surface area contributed by atoms with E-state index in [0.717, 1.165) is 18.1 Å². The van der Waals surface area contributed by atoms with Crippen molar-refractivity contribution in [2.75, 3.05) is 11.6 Å². The van der Waals surface area contributed by atoms with Gasteiger partial charge in [-0.1, -0.05) is 11.6 Å². The molecule has 0 spiro atoms. The molecule has 1 fully saturated rings. The largest absolute Gasteiger partial charge is 0.365 e. The minimum absolute atomic E-state index is 0.117. The Kier molecular flexibility index (Phi) is 4.10. The van der Waals surface area contributed by atoms with Crippen LogP contribution in [0.3, 0.4) is 0 Å². The highest BCUT2D eigenvalue weighted by molar-refractivity contribution is 7.99. The first-order valence-electron chi connectivity index (χ1n) is 5.04. The molecule has 0 saturated heterocycles. The molecule has 7 heteroatoms. The van der Waals surface area contributed by atoms with Gasteiger partial charge in [0.2, 0.25) is 5.28 Å². The van der Waals surface area contributed by atoms with E-state index in [9.17, 15) is 0 Å². The zero-order valence-corrected chi connectivity index (χ0v) is 11.1. The highest BCUT2D eigenvalue weighted by Gasteiger charge is 2.24. The Morgan fingerprint density at radius 1 is 1.31 bits per heavy atom. The van der Waals surface area contributed by atoms with E-state index in [4.69, 9.17) is 23.2 Å². The van der Waals surface area contributed by atoms with Crippen LogP contribution in [0.4, 0.5) is 5.82 Å². The number of hydrogen-bond donors (Lipinski definition) is 1. The van der Waals surface area contributed by atoms with Gasteiger partial charge in [0.15, 0.2) is 11.0 Å². The van der Waals surface area contributed by atoms with Gasteiger partial charge in [-0.3, -0.25) is 0 Å². The van der Waals surface area contributed by atoms with Gasteiger partial charge in [0, 0.05) is 11.3 Å². The number of anilines is 1. The summed E-state index contributed by atoms with van der Waals surface area (Å²) in [6.45, 7) is 0. The van der Waals surface area contributed by atoms with Gasteiger partial charge in [-0.05, 0) is 37.1 Å². The van der Waals surface area contributed by atoms with E-state index in [1.54, 1.807) is 0 Å². The van der Waals surface area contributed by atoms with Gasteiger partial charge >= 0.3 is 0 Å². The van der Waals surface area contributed by atoms with Gasteiger partial charge in [0.25, 0.3) is 0 Å². The van der Waals surface area contributed by atoms with Crippen molar-refractivity contribution in [1.29, 1.82) is 0 Å². The molecular weight excluding hydrogens is 267 g/mol. The molecule has 2 atom stereocenters. The summed E-state index contributed by atoms with van der Waals surface area (Å²) in [7, 11) is 0. The van der Waals surface area contributed by atoms with Crippen molar-refractivity contribution in [1.82, 2.24) is 15.2 Å². The van der Waals surface area contributed by atoms with Crippen LogP contribution in [0.1, 0.15) is 19.3 Å². The molecule has 1 aliphatic carbocycles. The van der Waals surface area contributed by atoms with E-state index in [1.807, 2.05) is 11.8 Å². The van der Waals surface area contributed by atoms with Gasteiger partial charge < -0.3 is 5.32 Å². The molecule has 88 valence electrons. The summed E-state index contributed by atoms with van der Waals surface area (Å²) in [6.07, 6.45) is 5.62. The Morgan fingerprint density at radius 2 is 2.12 bits per heavy atom. The normalized spacial score (nSPS) is 24.7. The van der Waals surface area contributed by atoms with Gasteiger partial charge in [0.05, 0.1) is 0 Å². The van der Waals surface area contributed by atoms with Crippen LogP contribution in [0.5, 0.6) is 0 Å². The summed E-state index contributed by atoms with van der Waals surface area (Å²) >= 11 is 13.5. The molecule has 0 aromatic carbocycles. The summed E-state index contributed by atoms with van der Waals surface area (Å²) in [5.74, 6) is 0.536. The van der Waals surface area contributed by atoms with E-state index >= 15 is 0 Å². The number of aromatic nitrogens is 3. The van der Waals surface area contributed by atoms with Crippen molar-refractivity contribution >= 4 is 40.8 Å². The first-order valence-corrected chi connectivity index (χ1v) is 7.08. The van der Waals surface area contributed by atoms with Crippen LogP contribution < -0.4 is 5.32 Å². The minimum Gasteiger partial charge on any atom is -0.365 e. The Balaban J connectivity index is 2.01. The second-order valence-electron chi connectivity index (χ2n) is 3.73. The number of nitrogens with one attached hydrogen (secondary N) is 1. The van der Waals surface area contributed by atoms with Gasteiger partial charge in [0.1, 0.15) is 0 Å². The predicted molar refractivity (Wildman–Crippen MR) is 68.4 cm³/mol. The quantitative estimate of drug-likeness (QED) is 0.922. The molecule has 2 rings (SSSR count). The molecule has 1 aliphatic rings. The maximum absolute atomic E-state index is 5.88. The summed E-state index contributed by atoms with van der Waals surface area (Å²) in [4.78, 5) is 4.03. The van der Waals surface area contributed by atoms with E-state index in [1.165, 1.54) is 6.42 Å². The topological polar surface area (TPSA) is 50.7 Å². The van der Waals surface area contributed by atoms with Crippen LogP contribution in [-0.4, -0.2) is 32.7 Å². The molecular formula is C9H12Cl2N4S. The van der Waals surface area contributed by atoms with E-state index in [2.05, 4.69) is 26.8 Å². The summed E-state index contributed by atoms with van der Waals surface area (Å²) in [5, 5.41) is 11.7. The summed E-state index contributed by atoms with van der Waals surface area (Å²) < 4.78 is 0. The number of nitrogens with zero attached hydrogens (tertiary/aromatic N) is 3. The summed E-state index contributed by atoms with van der Waals surface area (Å²) in [6, 6.07) is 0.405. The monoisotopic (exact) mass is 278 g/mol. The molecule has 1 heterocycles. The third-order valence-corrected chi connectivity index (χ3v) is 4.19. The minimum atomic E-state index is 0.117. The Hall–Kier alpha value is -0.260. The van der Waals surface area contributed by atoms with Crippen molar-refractivity contribution in [3.8, 4) is 0 Å². The van der Waals surface area contributed by atoms with Crippen LogP contribution >= 0.6 is 35.0 Å². The maximum atomic E-state index is 5.88. The molecule has 0 aliphatic heterocycles.